The quantitative estimate of drug-likeness (QED) is 0.212. The number of aromatic nitrogens is 1. The summed E-state index contributed by atoms with van der Waals surface area (Å²) in [5, 5.41) is 13.8. The number of carbonyl (C=O) groups excluding carboxylic acids is 2. The van der Waals surface area contributed by atoms with E-state index in [4.69, 9.17) is 22.1 Å². The van der Waals surface area contributed by atoms with Gasteiger partial charge in [-0.3, -0.25) is 9.59 Å². The van der Waals surface area contributed by atoms with E-state index < -0.39 is 53.6 Å². The van der Waals surface area contributed by atoms with Gasteiger partial charge in [-0.15, -0.1) is 0 Å². The van der Waals surface area contributed by atoms with E-state index in [0.29, 0.717) is 18.5 Å². The second-order valence-electron chi connectivity index (χ2n) is 10.9. The molecule has 1 amide bonds. The number of aryl methyl sites for hydroxylation is 1. The maximum atomic E-state index is 14.5. The van der Waals surface area contributed by atoms with Gasteiger partial charge >= 0.3 is 6.18 Å². The van der Waals surface area contributed by atoms with Crippen molar-refractivity contribution in [2.75, 3.05) is 6.54 Å². The summed E-state index contributed by atoms with van der Waals surface area (Å²) >= 11 is 6.23. The Morgan fingerprint density at radius 3 is 2.45 bits per heavy atom. The lowest BCUT2D eigenvalue weighted by molar-refractivity contribution is -0.270. The van der Waals surface area contributed by atoms with E-state index in [2.05, 4.69) is 10.3 Å². The van der Waals surface area contributed by atoms with Gasteiger partial charge in [-0.05, 0) is 86.8 Å². The molecule has 4 rings (SSSR count). The van der Waals surface area contributed by atoms with Crippen molar-refractivity contribution >= 4 is 23.3 Å². The first-order valence-electron chi connectivity index (χ1n) is 13.1. The second kappa shape index (κ2) is 11.6. The first kappa shape index (κ1) is 31.4. The molecular formula is C30H30ClF4N3O4. The van der Waals surface area contributed by atoms with Crippen LogP contribution in [0, 0.1) is 12.7 Å². The molecule has 1 fully saturated rings. The van der Waals surface area contributed by atoms with Crippen molar-refractivity contribution in [1.29, 1.82) is 0 Å². The highest BCUT2D eigenvalue weighted by Crippen LogP contribution is 2.43. The molecule has 42 heavy (non-hydrogen) atoms. The summed E-state index contributed by atoms with van der Waals surface area (Å²) in [5.41, 5.74) is 1.71. The molecule has 1 aliphatic heterocycles. The number of ether oxygens (including phenoxy) is 1. The number of pyridine rings is 1. The van der Waals surface area contributed by atoms with Crippen LogP contribution in [-0.2, 0) is 15.9 Å². The van der Waals surface area contributed by atoms with Gasteiger partial charge in [-0.25, -0.2) is 9.37 Å². The van der Waals surface area contributed by atoms with Crippen LogP contribution in [0.2, 0.25) is 5.02 Å². The van der Waals surface area contributed by atoms with E-state index >= 15 is 0 Å². The monoisotopic (exact) mass is 607 g/mol. The van der Waals surface area contributed by atoms with Crippen LogP contribution in [0.25, 0.3) is 11.3 Å². The summed E-state index contributed by atoms with van der Waals surface area (Å²) in [7, 11) is 0. The van der Waals surface area contributed by atoms with E-state index in [1.54, 1.807) is 13.8 Å². The van der Waals surface area contributed by atoms with Crippen molar-refractivity contribution in [3.63, 3.8) is 0 Å². The van der Waals surface area contributed by atoms with Crippen molar-refractivity contribution in [3.8, 4) is 17.0 Å². The molecule has 1 aromatic heterocycles. The number of nitrogens with two attached hydrogens (primary N) is 1. The van der Waals surface area contributed by atoms with Gasteiger partial charge in [0.15, 0.2) is 11.9 Å². The molecule has 0 bridgehead atoms. The Balaban J connectivity index is 1.65. The molecule has 2 unspecified atom stereocenters. The van der Waals surface area contributed by atoms with Crippen LogP contribution < -0.4 is 15.8 Å². The van der Waals surface area contributed by atoms with Gasteiger partial charge in [0, 0.05) is 36.1 Å². The summed E-state index contributed by atoms with van der Waals surface area (Å²) in [4.78, 5) is 28.9. The second-order valence-corrected chi connectivity index (χ2v) is 11.3. The van der Waals surface area contributed by atoms with E-state index in [1.807, 2.05) is 0 Å². The molecule has 3 aromatic rings. The number of carbonyl (C=O) groups is 2. The lowest BCUT2D eigenvalue weighted by Gasteiger charge is -2.32. The van der Waals surface area contributed by atoms with E-state index in [-0.39, 0.29) is 39.1 Å². The Morgan fingerprint density at radius 2 is 1.88 bits per heavy atom. The van der Waals surface area contributed by atoms with E-state index in [9.17, 15) is 32.3 Å². The summed E-state index contributed by atoms with van der Waals surface area (Å²) in [6, 6.07) is 10.5. The molecule has 0 aliphatic carbocycles. The zero-order valence-electron chi connectivity index (χ0n) is 23.1. The van der Waals surface area contributed by atoms with Crippen LogP contribution in [-0.4, -0.2) is 40.6 Å². The number of hydrogen-bond donors (Lipinski definition) is 3. The topological polar surface area (TPSA) is 115 Å². The van der Waals surface area contributed by atoms with Crippen molar-refractivity contribution in [3.05, 3.63) is 81.8 Å². The molecule has 0 spiro atoms. The minimum atomic E-state index is -5.22. The van der Waals surface area contributed by atoms with Crippen molar-refractivity contribution in [2.45, 2.75) is 63.5 Å². The van der Waals surface area contributed by atoms with Crippen LogP contribution in [0.5, 0.6) is 5.75 Å². The lowest BCUT2D eigenvalue weighted by Crippen LogP contribution is -2.44. The largest absolute Gasteiger partial charge is 0.479 e. The SMILES string of the molecule is Cc1cc(-c2cc(C(C)(C)N)cc(C(O)(CCC(=O)c3ccc(OC4CCNC4=O)c(Cl)c3)C(F)(F)F)n2)ccc1F. The molecule has 2 heterocycles. The molecule has 12 heteroatoms. The van der Waals surface area contributed by atoms with Crippen molar-refractivity contribution < 1.29 is 37.0 Å². The van der Waals surface area contributed by atoms with Crippen LogP contribution in [0.15, 0.2) is 48.5 Å². The number of aliphatic hydroxyl groups is 1. The number of ketones is 1. The Hall–Kier alpha value is -3.54. The number of amides is 1. The van der Waals surface area contributed by atoms with Crippen molar-refractivity contribution in [1.82, 2.24) is 10.3 Å². The fourth-order valence-electron chi connectivity index (χ4n) is 4.53. The Kier molecular flexibility index (Phi) is 8.69. The molecule has 2 atom stereocenters. The molecule has 1 aliphatic rings. The highest BCUT2D eigenvalue weighted by Gasteiger charge is 2.56. The molecule has 4 N–H and O–H groups in total. The Labute approximate surface area is 245 Å². The minimum absolute atomic E-state index is 0.0000239. The van der Waals surface area contributed by atoms with Crippen LogP contribution >= 0.6 is 11.6 Å². The highest BCUT2D eigenvalue weighted by atomic mass is 35.5. The zero-order chi connectivity index (χ0) is 31.0. The summed E-state index contributed by atoms with van der Waals surface area (Å²) in [6.45, 7) is 5.12. The molecule has 0 radical (unpaired) electrons. The Bertz CT molecular complexity index is 1520. The van der Waals surface area contributed by atoms with Gasteiger partial charge in [0.2, 0.25) is 5.60 Å². The van der Waals surface area contributed by atoms with Crippen LogP contribution in [0.4, 0.5) is 17.6 Å². The number of nitrogens with one attached hydrogen (secondary N) is 1. The van der Waals surface area contributed by atoms with Crippen LogP contribution in [0.1, 0.15) is 60.3 Å². The molecule has 7 nitrogen and oxygen atoms in total. The number of halogens is 5. The predicted molar refractivity (Wildman–Crippen MR) is 149 cm³/mol. The number of rotatable bonds is 9. The van der Waals surface area contributed by atoms with Crippen molar-refractivity contribution in [2.24, 2.45) is 5.73 Å². The molecular weight excluding hydrogens is 578 g/mol. The number of nitrogens with zero attached hydrogens (tertiary/aromatic N) is 1. The number of alkyl halides is 3. The molecule has 224 valence electrons. The number of Topliss-reactive ketones (excluding diaryl/α,β-unsaturated/α-hetero) is 1. The number of benzene rings is 2. The first-order chi connectivity index (χ1) is 19.5. The minimum Gasteiger partial charge on any atom is -0.479 e. The molecule has 1 saturated heterocycles. The highest BCUT2D eigenvalue weighted by molar-refractivity contribution is 6.32. The van der Waals surface area contributed by atoms with Crippen LogP contribution in [0.3, 0.4) is 0 Å². The maximum Gasteiger partial charge on any atom is 0.422 e. The third kappa shape index (κ3) is 6.58. The fraction of sp³-hybridized carbons (Fsp3) is 0.367. The van der Waals surface area contributed by atoms with Gasteiger partial charge in [-0.2, -0.15) is 13.2 Å². The standard InChI is InChI=1S/C30H30ClF4N3O4/c1-16-12-17(4-6-21(16)32)22-14-19(28(2,3)36)15-26(38-22)29(41,30(33,34)35)10-8-23(39)18-5-7-24(20(31)13-18)42-25-9-11-37-27(25)40/h4-7,12-15,25,41H,8-11,36H2,1-3H3,(H,37,40). The van der Waals surface area contributed by atoms with E-state index in [1.165, 1.54) is 49.4 Å². The normalized spacial score (nSPS) is 17.1. The average Bonchev–Trinajstić information content (AvgIpc) is 3.32. The van der Waals surface area contributed by atoms with Gasteiger partial charge in [-0.1, -0.05) is 11.6 Å². The zero-order valence-corrected chi connectivity index (χ0v) is 23.9. The molecule has 2 aromatic carbocycles. The lowest BCUT2D eigenvalue weighted by atomic mass is 9.86. The average molecular weight is 608 g/mol. The van der Waals surface area contributed by atoms with Gasteiger partial charge in [0.25, 0.3) is 5.91 Å². The van der Waals surface area contributed by atoms with Gasteiger partial charge < -0.3 is 20.9 Å². The summed E-state index contributed by atoms with van der Waals surface area (Å²) < 4.78 is 63.0. The predicted octanol–water partition coefficient (Wildman–Crippen LogP) is 5.72. The van der Waals surface area contributed by atoms with Gasteiger partial charge in [0.05, 0.1) is 16.4 Å². The third-order valence-electron chi connectivity index (χ3n) is 7.15. The van der Waals surface area contributed by atoms with Gasteiger partial charge in [0.1, 0.15) is 11.6 Å². The summed E-state index contributed by atoms with van der Waals surface area (Å²) in [5.74, 6) is -1.36. The number of hydrogen-bond acceptors (Lipinski definition) is 6. The maximum absolute atomic E-state index is 14.5. The van der Waals surface area contributed by atoms with E-state index in [0.717, 1.165) is 6.07 Å². The fourth-order valence-corrected chi connectivity index (χ4v) is 4.75. The Morgan fingerprint density at radius 1 is 1.17 bits per heavy atom. The first-order valence-corrected chi connectivity index (χ1v) is 13.5. The third-order valence-corrected chi connectivity index (χ3v) is 7.45. The summed E-state index contributed by atoms with van der Waals surface area (Å²) in [6.07, 6.45) is -7.27. The molecule has 0 saturated carbocycles. The smallest absolute Gasteiger partial charge is 0.422 e.